The smallest absolute Gasteiger partial charge is 0.326 e. The van der Waals surface area contributed by atoms with Crippen molar-refractivity contribution in [1.29, 1.82) is 0 Å². The number of carbonyl (C=O) groups excluding carboxylic acids is 3. The summed E-state index contributed by atoms with van der Waals surface area (Å²) in [5.74, 6) is -2.01. The van der Waals surface area contributed by atoms with Crippen LogP contribution in [0.2, 0.25) is 0 Å². The molecule has 8 heteroatoms. The first-order valence-corrected chi connectivity index (χ1v) is 8.67. The SMILES string of the molecule is CC(C)c1ccc(COC(=O)CN2C(=O)c3cccc([N+](=O)[O-])c3C2=O)cc1. The Hall–Kier alpha value is -3.55. The van der Waals surface area contributed by atoms with Gasteiger partial charge in [0.1, 0.15) is 18.7 Å². The molecule has 0 aromatic heterocycles. The predicted molar refractivity (Wildman–Crippen MR) is 98.8 cm³/mol. The van der Waals surface area contributed by atoms with Crippen molar-refractivity contribution in [3.8, 4) is 0 Å². The van der Waals surface area contributed by atoms with Crippen LogP contribution in [0.3, 0.4) is 0 Å². The number of ether oxygens (including phenoxy) is 1. The molecule has 1 heterocycles. The van der Waals surface area contributed by atoms with Crippen LogP contribution in [-0.2, 0) is 16.1 Å². The molecule has 0 aliphatic carbocycles. The van der Waals surface area contributed by atoms with E-state index < -0.39 is 34.9 Å². The molecule has 3 rings (SSSR count). The molecule has 0 spiro atoms. The van der Waals surface area contributed by atoms with Crippen LogP contribution in [0.1, 0.15) is 51.6 Å². The molecule has 28 heavy (non-hydrogen) atoms. The van der Waals surface area contributed by atoms with Crippen molar-refractivity contribution < 1.29 is 24.0 Å². The Bertz CT molecular complexity index is 965. The fraction of sp³-hybridized carbons (Fsp3) is 0.250. The molecule has 0 bridgehead atoms. The Morgan fingerprint density at radius 1 is 1.11 bits per heavy atom. The summed E-state index contributed by atoms with van der Waals surface area (Å²) >= 11 is 0. The van der Waals surface area contributed by atoms with Crippen molar-refractivity contribution >= 4 is 23.5 Å². The van der Waals surface area contributed by atoms with Crippen molar-refractivity contribution in [2.45, 2.75) is 26.4 Å². The number of rotatable bonds is 6. The van der Waals surface area contributed by atoms with Crippen LogP contribution in [0.4, 0.5) is 5.69 Å². The molecule has 144 valence electrons. The van der Waals surface area contributed by atoms with Crippen molar-refractivity contribution in [3.63, 3.8) is 0 Å². The lowest BCUT2D eigenvalue weighted by Crippen LogP contribution is -2.35. The maximum absolute atomic E-state index is 12.4. The van der Waals surface area contributed by atoms with Crippen molar-refractivity contribution in [1.82, 2.24) is 4.90 Å². The average molecular weight is 382 g/mol. The first kappa shape index (κ1) is 19.2. The van der Waals surface area contributed by atoms with E-state index in [1.165, 1.54) is 12.1 Å². The van der Waals surface area contributed by atoms with Crippen molar-refractivity contribution in [2.75, 3.05) is 6.54 Å². The summed E-state index contributed by atoms with van der Waals surface area (Å²) in [5.41, 5.74) is 1.08. The molecule has 2 amide bonds. The molecule has 0 fully saturated rings. The zero-order valence-electron chi connectivity index (χ0n) is 15.4. The van der Waals surface area contributed by atoms with Crippen LogP contribution in [0.25, 0.3) is 0 Å². The molecule has 0 saturated carbocycles. The topological polar surface area (TPSA) is 107 Å². The van der Waals surface area contributed by atoms with Gasteiger partial charge in [-0.1, -0.05) is 44.2 Å². The Morgan fingerprint density at radius 3 is 2.39 bits per heavy atom. The number of benzene rings is 2. The summed E-state index contributed by atoms with van der Waals surface area (Å²) in [6.07, 6.45) is 0. The van der Waals surface area contributed by atoms with E-state index in [-0.39, 0.29) is 17.7 Å². The van der Waals surface area contributed by atoms with Crippen molar-refractivity contribution in [3.05, 3.63) is 74.8 Å². The molecule has 2 aromatic carbocycles. The second-order valence-electron chi connectivity index (χ2n) is 6.71. The number of imide groups is 1. The van der Waals surface area contributed by atoms with E-state index in [1.54, 1.807) is 0 Å². The van der Waals surface area contributed by atoms with Crippen molar-refractivity contribution in [2.24, 2.45) is 0 Å². The van der Waals surface area contributed by atoms with E-state index in [0.29, 0.717) is 10.8 Å². The minimum absolute atomic E-state index is 0.000522. The van der Waals surface area contributed by atoms with Gasteiger partial charge >= 0.3 is 5.97 Å². The number of fused-ring (bicyclic) bond motifs is 1. The van der Waals surface area contributed by atoms with E-state index >= 15 is 0 Å². The van der Waals surface area contributed by atoms with E-state index in [9.17, 15) is 24.5 Å². The van der Waals surface area contributed by atoms with Gasteiger partial charge in [0, 0.05) is 6.07 Å². The van der Waals surface area contributed by atoms with Gasteiger partial charge in [-0.2, -0.15) is 0 Å². The minimum atomic E-state index is -0.870. The summed E-state index contributed by atoms with van der Waals surface area (Å²) in [4.78, 5) is 47.9. The number of hydrogen-bond acceptors (Lipinski definition) is 6. The fourth-order valence-corrected chi connectivity index (χ4v) is 2.95. The number of nitro benzene ring substituents is 1. The minimum Gasteiger partial charge on any atom is -0.459 e. The van der Waals surface area contributed by atoms with Gasteiger partial charge in [-0.05, 0) is 23.1 Å². The van der Waals surface area contributed by atoms with Crippen LogP contribution in [0, 0.1) is 10.1 Å². The number of esters is 1. The largest absolute Gasteiger partial charge is 0.459 e. The van der Waals surface area contributed by atoms with Crippen LogP contribution in [0.5, 0.6) is 0 Å². The standard InChI is InChI=1S/C20H18N2O6/c1-12(2)14-8-6-13(7-9-14)11-28-17(23)10-21-19(24)15-4-3-5-16(22(26)27)18(15)20(21)25/h3-9,12H,10-11H2,1-2H3. The first-order valence-electron chi connectivity index (χ1n) is 8.67. The first-order chi connectivity index (χ1) is 13.3. The highest BCUT2D eigenvalue weighted by molar-refractivity contribution is 6.24. The van der Waals surface area contributed by atoms with E-state index in [1.807, 2.05) is 24.3 Å². The summed E-state index contributed by atoms with van der Waals surface area (Å²) in [6.45, 7) is 3.54. The van der Waals surface area contributed by atoms with Gasteiger partial charge in [-0.3, -0.25) is 29.4 Å². The van der Waals surface area contributed by atoms with Crippen LogP contribution >= 0.6 is 0 Å². The van der Waals surface area contributed by atoms with E-state index in [4.69, 9.17) is 4.74 Å². The molecular weight excluding hydrogens is 364 g/mol. The Balaban J connectivity index is 1.66. The summed E-state index contributed by atoms with van der Waals surface area (Å²) in [5, 5.41) is 11.1. The normalized spacial score (nSPS) is 13.0. The Kier molecular flexibility index (Phi) is 5.21. The molecule has 0 saturated heterocycles. The van der Waals surface area contributed by atoms with Gasteiger partial charge < -0.3 is 4.74 Å². The number of nitro groups is 1. The summed E-state index contributed by atoms with van der Waals surface area (Å²) in [6, 6.07) is 11.4. The Labute approximate surface area is 160 Å². The molecule has 0 radical (unpaired) electrons. The van der Waals surface area contributed by atoms with Gasteiger partial charge in [0.15, 0.2) is 0 Å². The lowest BCUT2D eigenvalue weighted by atomic mass is 10.0. The maximum atomic E-state index is 12.4. The zero-order valence-corrected chi connectivity index (χ0v) is 15.4. The highest BCUT2D eigenvalue weighted by atomic mass is 16.6. The molecule has 0 N–H and O–H groups in total. The third kappa shape index (κ3) is 3.62. The van der Waals surface area contributed by atoms with E-state index in [2.05, 4.69) is 13.8 Å². The molecule has 2 aromatic rings. The lowest BCUT2D eigenvalue weighted by molar-refractivity contribution is -0.385. The monoisotopic (exact) mass is 382 g/mol. The molecule has 1 aliphatic rings. The van der Waals surface area contributed by atoms with Crippen LogP contribution in [-0.4, -0.2) is 34.2 Å². The summed E-state index contributed by atoms with van der Waals surface area (Å²) < 4.78 is 5.14. The molecule has 0 atom stereocenters. The average Bonchev–Trinajstić information content (AvgIpc) is 2.91. The molecule has 1 aliphatic heterocycles. The zero-order chi connectivity index (χ0) is 20.4. The van der Waals surface area contributed by atoms with E-state index in [0.717, 1.165) is 17.2 Å². The highest BCUT2D eigenvalue weighted by Crippen LogP contribution is 2.30. The number of carbonyl (C=O) groups is 3. The van der Waals surface area contributed by atoms with Gasteiger partial charge in [0.05, 0.1) is 10.5 Å². The predicted octanol–water partition coefficient (Wildman–Crippen LogP) is 3.06. The summed E-state index contributed by atoms with van der Waals surface area (Å²) in [7, 11) is 0. The van der Waals surface area contributed by atoms with Gasteiger partial charge in [0.2, 0.25) is 0 Å². The number of hydrogen-bond donors (Lipinski definition) is 0. The number of nitrogens with zero attached hydrogens (tertiary/aromatic N) is 2. The maximum Gasteiger partial charge on any atom is 0.326 e. The highest BCUT2D eigenvalue weighted by Gasteiger charge is 2.41. The number of amides is 2. The van der Waals surface area contributed by atoms with Gasteiger partial charge in [0.25, 0.3) is 17.5 Å². The molecule has 8 nitrogen and oxygen atoms in total. The second-order valence-corrected chi connectivity index (χ2v) is 6.71. The third-order valence-corrected chi connectivity index (χ3v) is 4.51. The van der Waals surface area contributed by atoms with Crippen LogP contribution in [0.15, 0.2) is 42.5 Å². The third-order valence-electron chi connectivity index (χ3n) is 4.51. The fourth-order valence-electron chi connectivity index (χ4n) is 2.95. The quantitative estimate of drug-likeness (QED) is 0.329. The molecular formula is C20H18N2O6. The molecule has 0 unspecified atom stereocenters. The van der Waals surface area contributed by atoms with Crippen LogP contribution < -0.4 is 0 Å². The van der Waals surface area contributed by atoms with Gasteiger partial charge in [-0.25, -0.2) is 0 Å². The lowest BCUT2D eigenvalue weighted by Gasteiger charge is -2.13. The second kappa shape index (κ2) is 7.59. The Morgan fingerprint density at radius 2 is 1.79 bits per heavy atom. The van der Waals surface area contributed by atoms with Gasteiger partial charge in [-0.15, -0.1) is 0 Å².